The van der Waals surface area contributed by atoms with Crippen LogP contribution in [0.3, 0.4) is 0 Å². The number of aromatic nitrogens is 1. The van der Waals surface area contributed by atoms with E-state index >= 15 is 0 Å². The minimum absolute atomic E-state index is 0.926. The zero-order valence-corrected chi connectivity index (χ0v) is 14.1. The maximum atomic E-state index is 4.42. The molecule has 0 saturated carbocycles. The van der Waals surface area contributed by atoms with Gasteiger partial charge in [0.2, 0.25) is 0 Å². The first kappa shape index (κ1) is 14.5. The summed E-state index contributed by atoms with van der Waals surface area (Å²) in [6.45, 7) is 1.88. The molecule has 104 valence electrons. The predicted octanol–water partition coefficient (Wildman–Crippen LogP) is 3.39. The highest BCUT2D eigenvalue weighted by molar-refractivity contribution is 14.1. The second-order valence-electron chi connectivity index (χ2n) is 5.29. The number of fused-ring (bicyclic) bond motifs is 1. The van der Waals surface area contributed by atoms with Crippen molar-refractivity contribution in [2.24, 2.45) is 0 Å². The zero-order chi connectivity index (χ0) is 14.7. The van der Waals surface area contributed by atoms with Gasteiger partial charge in [-0.15, -0.1) is 0 Å². The predicted molar refractivity (Wildman–Crippen MR) is 98.7 cm³/mol. The van der Waals surface area contributed by atoms with Gasteiger partial charge < -0.3 is 4.81 Å². The van der Waals surface area contributed by atoms with Crippen molar-refractivity contribution in [2.75, 3.05) is 0 Å². The summed E-state index contributed by atoms with van der Waals surface area (Å²) in [7, 11) is 2.16. The molecule has 1 heterocycles. The largest absolute Gasteiger partial charge is 0.341 e. The molecule has 0 amide bonds. The summed E-state index contributed by atoms with van der Waals surface area (Å²) in [5, 5.41) is 1.24. The van der Waals surface area contributed by atoms with Gasteiger partial charge in [-0.05, 0) is 58.0 Å². The maximum absolute atomic E-state index is 4.42. The molecule has 2 nitrogen and oxygen atoms in total. The van der Waals surface area contributed by atoms with Gasteiger partial charge in [0, 0.05) is 28.2 Å². The van der Waals surface area contributed by atoms with E-state index in [-0.39, 0.29) is 0 Å². The van der Waals surface area contributed by atoms with Crippen LogP contribution < -0.4 is 0 Å². The summed E-state index contributed by atoms with van der Waals surface area (Å²) in [5.41, 5.74) is 3.74. The number of pyridine rings is 1. The summed E-state index contributed by atoms with van der Waals surface area (Å²) in [6, 6.07) is 19.2. The SMILES string of the molecule is BN(Cc1ccc(I)cc1)Cc1ccnc2ccccc12. The molecule has 0 spiro atoms. The lowest BCUT2D eigenvalue weighted by molar-refractivity contribution is 0.445. The van der Waals surface area contributed by atoms with Crippen LogP contribution in [0.25, 0.3) is 10.9 Å². The lowest BCUT2D eigenvalue weighted by atomic mass is 10.1. The molecule has 2 aromatic carbocycles. The third kappa shape index (κ3) is 3.63. The van der Waals surface area contributed by atoms with Crippen LogP contribution in [0, 0.1) is 3.57 Å². The molecule has 0 unspecified atom stereocenters. The highest BCUT2D eigenvalue weighted by Crippen LogP contribution is 2.18. The highest BCUT2D eigenvalue weighted by Gasteiger charge is 2.05. The number of halogens is 1. The average molecular weight is 386 g/mol. The lowest BCUT2D eigenvalue weighted by Crippen LogP contribution is -2.19. The fraction of sp³-hybridized carbons (Fsp3) is 0.118. The zero-order valence-electron chi connectivity index (χ0n) is 12.0. The van der Waals surface area contributed by atoms with Crippen LogP contribution in [0.4, 0.5) is 0 Å². The molecule has 0 fully saturated rings. The van der Waals surface area contributed by atoms with Crippen LogP contribution in [0.15, 0.2) is 60.8 Å². The van der Waals surface area contributed by atoms with Crippen molar-refractivity contribution in [3.05, 3.63) is 75.5 Å². The van der Waals surface area contributed by atoms with E-state index in [4.69, 9.17) is 0 Å². The van der Waals surface area contributed by atoms with Crippen LogP contribution in [0.5, 0.6) is 0 Å². The van der Waals surface area contributed by atoms with Gasteiger partial charge >= 0.3 is 0 Å². The Morgan fingerprint density at radius 1 is 0.952 bits per heavy atom. The van der Waals surface area contributed by atoms with Gasteiger partial charge in [-0.3, -0.25) is 4.98 Å². The number of hydrogen-bond donors (Lipinski definition) is 0. The van der Waals surface area contributed by atoms with Crippen LogP contribution >= 0.6 is 22.6 Å². The summed E-state index contributed by atoms with van der Waals surface area (Å²) < 4.78 is 1.28. The Hall–Kier alpha value is -1.40. The van der Waals surface area contributed by atoms with Crippen molar-refractivity contribution in [1.82, 2.24) is 9.79 Å². The van der Waals surface area contributed by atoms with Gasteiger partial charge in [-0.25, -0.2) is 0 Å². The van der Waals surface area contributed by atoms with E-state index in [1.165, 1.54) is 20.1 Å². The first-order valence-corrected chi connectivity index (χ1v) is 8.06. The fourth-order valence-corrected chi connectivity index (χ4v) is 2.90. The topological polar surface area (TPSA) is 16.1 Å². The van der Waals surface area contributed by atoms with Gasteiger partial charge in [0.25, 0.3) is 0 Å². The van der Waals surface area contributed by atoms with Crippen LogP contribution in [0.1, 0.15) is 11.1 Å². The summed E-state index contributed by atoms with van der Waals surface area (Å²) in [5.74, 6) is 0. The summed E-state index contributed by atoms with van der Waals surface area (Å²) >= 11 is 2.34. The Labute approximate surface area is 139 Å². The molecule has 4 heteroatoms. The smallest absolute Gasteiger partial charge is 0.186 e. The second kappa shape index (κ2) is 6.58. The molecule has 0 radical (unpaired) electrons. The molecule has 0 atom stereocenters. The van der Waals surface area contributed by atoms with Crippen LogP contribution in [-0.4, -0.2) is 17.8 Å². The molecule has 0 N–H and O–H groups in total. The van der Waals surface area contributed by atoms with E-state index in [0.29, 0.717) is 0 Å². The molecular weight excluding hydrogens is 370 g/mol. The molecule has 3 rings (SSSR count). The van der Waals surface area contributed by atoms with Crippen LogP contribution in [0.2, 0.25) is 0 Å². The van der Waals surface area contributed by atoms with Crippen molar-refractivity contribution < 1.29 is 0 Å². The van der Waals surface area contributed by atoms with Crippen molar-refractivity contribution in [2.45, 2.75) is 13.1 Å². The number of hydrogen-bond acceptors (Lipinski definition) is 2. The monoisotopic (exact) mass is 386 g/mol. The van der Waals surface area contributed by atoms with Crippen molar-refractivity contribution in [1.29, 1.82) is 0 Å². The molecule has 0 aliphatic carbocycles. The molecular formula is C17H16BIN2. The number of para-hydroxylation sites is 1. The minimum Gasteiger partial charge on any atom is -0.341 e. The lowest BCUT2D eigenvalue weighted by Gasteiger charge is -2.18. The van der Waals surface area contributed by atoms with E-state index < -0.39 is 0 Å². The molecule has 3 aromatic rings. The minimum atomic E-state index is 0.926. The quantitative estimate of drug-likeness (QED) is 0.505. The van der Waals surface area contributed by atoms with E-state index in [9.17, 15) is 0 Å². The van der Waals surface area contributed by atoms with E-state index in [1.54, 1.807) is 0 Å². The van der Waals surface area contributed by atoms with E-state index in [2.05, 4.69) is 88.9 Å². The Morgan fingerprint density at radius 2 is 1.71 bits per heavy atom. The van der Waals surface area contributed by atoms with Gasteiger partial charge in [-0.1, -0.05) is 30.3 Å². The van der Waals surface area contributed by atoms with Gasteiger partial charge in [0.1, 0.15) is 0 Å². The Bertz CT molecular complexity index is 738. The van der Waals surface area contributed by atoms with Crippen molar-refractivity contribution in [3.63, 3.8) is 0 Å². The molecule has 0 aliphatic rings. The number of rotatable bonds is 4. The molecule has 0 bridgehead atoms. The van der Waals surface area contributed by atoms with E-state index in [1.807, 2.05) is 12.3 Å². The third-order valence-electron chi connectivity index (χ3n) is 3.55. The average Bonchev–Trinajstić information content (AvgIpc) is 2.50. The Morgan fingerprint density at radius 3 is 2.52 bits per heavy atom. The van der Waals surface area contributed by atoms with Gasteiger partial charge in [0.15, 0.2) is 7.98 Å². The standard InChI is InChI=1S/C17H16BIN2/c18-21(11-13-5-7-15(19)8-6-13)12-14-9-10-20-17-4-2-1-3-16(14)17/h1-10H,11-12,18H2. The first-order valence-electron chi connectivity index (χ1n) is 6.98. The number of nitrogens with zero attached hydrogens (tertiary/aromatic N) is 2. The second-order valence-corrected chi connectivity index (χ2v) is 6.53. The Kier molecular flexibility index (Phi) is 4.55. The van der Waals surface area contributed by atoms with E-state index in [0.717, 1.165) is 18.6 Å². The van der Waals surface area contributed by atoms with Crippen molar-refractivity contribution in [3.8, 4) is 0 Å². The third-order valence-corrected chi connectivity index (χ3v) is 4.26. The maximum Gasteiger partial charge on any atom is 0.186 e. The van der Waals surface area contributed by atoms with Gasteiger partial charge in [0.05, 0.1) is 5.52 Å². The molecule has 0 aliphatic heterocycles. The summed E-state index contributed by atoms with van der Waals surface area (Å²) in [6.07, 6.45) is 1.90. The van der Waals surface area contributed by atoms with Crippen LogP contribution in [-0.2, 0) is 13.1 Å². The number of benzene rings is 2. The normalized spacial score (nSPS) is 11.1. The Balaban J connectivity index is 1.77. The molecule has 0 saturated heterocycles. The van der Waals surface area contributed by atoms with Gasteiger partial charge in [-0.2, -0.15) is 0 Å². The summed E-state index contributed by atoms with van der Waals surface area (Å²) in [4.78, 5) is 6.76. The molecule has 21 heavy (non-hydrogen) atoms. The molecule has 1 aromatic heterocycles. The first-order chi connectivity index (χ1) is 10.2. The van der Waals surface area contributed by atoms with Crippen molar-refractivity contribution >= 4 is 41.5 Å². The fourth-order valence-electron chi connectivity index (χ4n) is 2.54. The highest BCUT2D eigenvalue weighted by atomic mass is 127.